The van der Waals surface area contributed by atoms with Gasteiger partial charge in [0.05, 0.1) is 11.6 Å². The standard InChI is InChI=1S/C32H30N2O5/c1-22-7-11-26(12-8-22)31(35)33-28-15-13-25(14-16-28)30(34-38)20-27(32(36)37)19-23-9-17-29(18-10-23)39-21-24-5-3-2-4-6-24/h2-18,27,38H,19-21H2,1H3,(H,33,35)(H,36,37)/b34-30-. The zero-order chi connectivity index (χ0) is 27.6. The summed E-state index contributed by atoms with van der Waals surface area (Å²) >= 11 is 0. The van der Waals surface area contributed by atoms with Crippen molar-refractivity contribution in [3.63, 3.8) is 0 Å². The molecule has 7 nitrogen and oxygen atoms in total. The van der Waals surface area contributed by atoms with Gasteiger partial charge in [0, 0.05) is 17.7 Å². The van der Waals surface area contributed by atoms with Gasteiger partial charge in [0.2, 0.25) is 0 Å². The number of amides is 1. The van der Waals surface area contributed by atoms with Crippen LogP contribution in [-0.4, -0.2) is 27.9 Å². The Morgan fingerprint density at radius 1 is 0.821 bits per heavy atom. The summed E-state index contributed by atoms with van der Waals surface area (Å²) < 4.78 is 5.81. The second-order valence-corrected chi connectivity index (χ2v) is 9.31. The molecule has 4 aromatic carbocycles. The first-order chi connectivity index (χ1) is 18.9. The van der Waals surface area contributed by atoms with E-state index in [2.05, 4.69) is 10.5 Å². The molecular formula is C32H30N2O5. The average Bonchev–Trinajstić information content (AvgIpc) is 2.96. The van der Waals surface area contributed by atoms with Gasteiger partial charge in [0.15, 0.2) is 0 Å². The van der Waals surface area contributed by atoms with Gasteiger partial charge in [0.1, 0.15) is 12.4 Å². The first-order valence-electron chi connectivity index (χ1n) is 12.6. The number of aliphatic carboxylic acids is 1. The zero-order valence-corrected chi connectivity index (χ0v) is 21.6. The Morgan fingerprint density at radius 3 is 2.08 bits per heavy atom. The van der Waals surface area contributed by atoms with E-state index in [-0.39, 0.29) is 24.5 Å². The van der Waals surface area contributed by atoms with E-state index in [0.29, 0.717) is 29.2 Å². The third-order valence-electron chi connectivity index (χ3n) is 6.35. The van der Waals surface area contributed by atoms with Gasteiger partial charge in [-0.15, -0.1) is 0 Å². The van der Waals surface area contributed by atoms with Crippen LogP contribution in [0.25, 0.3) is 0 Å². The van der Waals surface area contributed by atoms with Crippen molar-refractivity contribution in [3.8, 4) is 5.75 Å². The van der Waals surface area contributed by atoms with Gasteiger partial charge in [-0.1, -0.05) is 77.4 Å². The van der Waals surface area contributed by atoms with Crippen LogP contribution in [0.5, 0.6) is 5.75 Å². The Kier molecular flexibility index (Phi) is 9.08. The lowest BCUT2D eigenvalue weighted by Crippen LogP contribution is -2.21. The van der Waals surface area contributed by atoms with Crippen LogP contribution in [0.2, 0.25) is 0 Å². The molecule has 0 saturated carbocycles. The van der Waals surface area contributed by atoms with Crippen molar-refractivity contribution in [1.82, 2.24) is 0 Å². The molecule has 0 aliphatic heterocycles. The van der Waals surface area contributed by atoms with Crippen LogP contribution in [0, 0.1) is 12.8 Å². The summed E-state index contributed by atoms with van der Waals surface area (Å²) in [6.45, 7) is 2.40. The third-order valence-corrected chi connectivity index (χ3v) is 6.35. The molecule has 0 aliphatic carbocycles. The summed E-state index contributed by atoms with van der Waals surface area (Å²) in [5.41, 5.74) is 4.90. The van der Waals surface area contributed by atoms with Crippen LogP contribution in [0.1, 0.15) is 39.0 Å². The number of anilines is 1. The zero-order valence-electron chi connectivity index (χ0n) is 21.6. The van der Waals surface area contributed by atoms with Crippen molar-refractivity contribution in [2.75, 3.05) is 5.32 Å². The van der Waals surface area contributed by atoms with E-state index >= 15 is 0 Å². The van der Waals surface area contributed by atoms with Crippen LogP contribution >= 0.6 is 0 Å². The van der Waals surface area contributed by atoms with E-state index in [0.717, 1.165) is 16.7 Å². The molecule has 7 heteroatoms. The molecule has 3 N–H and O–H groups in total. The lowest BCUT2D eigenvalue weighted by molar-refractivity contribution is -0.141. The van der Waals surface area contributed by atoms with Crippen LogP contribution in [0.3, 0.4) is 0 Å². The number of hydrogen-bond donors (Lipinski definition) is 3. The monoisotopic (exact) mass is 522 g/mol. The van der Waals surface area contributed by atoms with Crippen molar-refractivity contribution in [3.05, 3.63) is 131 Å². The largest absolute Gasteiger partial charge is 0.489 e. The summed E-state index contributed by atoms with van der Waals surface area (Å²) in [5.74, 6) is -1.32. The topological polar surface area (TPSA) is 108 Å². The van der Waals surface area contributed by atoms with Crippen LogP contribution in [-0.2, 0) is 17.8 Å². The molecule has 4 rings (SSSR count). The number of ether oxygens (including phenoxy) is 1. The molecule has 1 unspecified atom stereocenters. The molecule has 4 aromatic rings. The van der Waals surface area contributed by atoms with Gasteiger partial charge < -0.3 is 20.4 Å². The van der Waals surface area contributed by atoms with E-state index in [1.54, 1.807) is 36.4 Å². The van der Waals surface area contributed by atoms with Crippen molar-refractivity contribution < 1.29 is 24.6 Å². The number of rotatable bonds is 11. The summed E-state index contributed by atoms with van der Waals surface area (Å²) in [6, 6.07) is 31.2. The number of hydrogen-bond acceptors (Lipinski definition) is 5. The minimum Gasteiger partial charge on any atom is -0.489 e. The number of carboxylic acid groups (broad SMARTS) is 1. The number of nitrogens with one attached hydrogen (secondary N) is 1. The van der Waals surface area contributed by atoms with Gasteiger partial charge in [0.25, 0.3) is 5.91 Å². The first kappa shape index (κ1) is 27.1. The molecule has 39 heavy (non-hydrogen) atoms. The van der Waals surface area contributed by atoms with E-state index < -0.39 is 11.9 Å². The molecule has 1 atom stereocenters. The molecule has 0 aromatic heterocycles. The number of oxime groups is 1. The van der Waals surface area contributed by atoms with Crippen molar-refractivity contribution >= 4 is 23.3 Å². The minimum absolute atomic E-state index is 0.0349. The van der Waals surface area contributed by atoms with E-state index in [9.17, 15) is 19.9 Å². The smallest absolute Gasteiger partial charge is 0.307 e. The second kappa shape index (κ2) is 13.1. The van der Waals surface area contributed by atoms with Gasteiger partial charge >= 0.3 is 5.97 Å². The summed E-state index contributed by atoms with van der Waals surface area (Å²) in [4.78, 5) is 24.5. The maximum Gasteiger partial charge on any atom is 0.307 e. The molecule has 0 radical (unpaired) electrons. The minimum atomic E-state index is -0.984. The highest BCUT2D eigenvalue weighted by Gasteiger charge is 2.22. The normalized spacial score (nSPS) is 12.0. The van der Waals surface area contributed by atoms with Crippen molar-refractivity contribution in [2.24, 2.45) is 11.1 Å². The highest BCUT2D eigenvalue weighted by molar-refractivity contribution is 6.05. The Balaban J connectivity index is 1.35. The number of carbonyl (C=O) groups excluding carboxylic acids is 1. The predicted octanol–water partition coefficient (Wildman–Crippen LogP) is 6.34. The number of carboxylic acids is 1. The van der Waals surface area contributed by atoms with Gasteiger partial charge in [-0.2, -0.15) is 0 Å². The van der Waals surface area contributed by atoms with E-state index in [4.69, 9.17) is 4.74 Å². The average molecular weight is 523 g/mol. The summed E-state index contributed by atoms with van der Waals surface area (Å²) in [7, 11) is 0. The second-order valence-electron chi connectivity index (χ2n) is 9.31. The molecular weight excluding hydrogens is 492 g/mol. The van der Waals surface area contributed by atoms with Gasteiger partial charge in [-0.3, -0.25) is 9.59 Å². The highest BCUT2D eigenvalue weighted by Crippen LogP contribution is 2.21. The molecule has 0 saturated heterocycles. The Labute approximate surface area is 227 Å². The maximum atomic E-state index is 12.5. The predicted molar refractivity (Wildman–Crippen MR) is 151 cm³/mol. The summed E-state index contributed by atoms with van der Waals surface area (Å²) in [5, 5.41) is 25.7. The quantitative estimate of drug-likeness (QED) is 0.121. The Morgan fingerprint density at radius 2 is 1.46 bits per heavy atom. The lowest BCUT2D eigenvalue weighted by atomic mass is 9.91. The number of carbonyl (C=O) groups is 2. The molecule has 0 heterocycles. The van der Waals surface area contributed by atoms with Gasteiger partial charge in [-0.25, -0.2) is 0 Å². The molecule has 1 amide bonds. The van der Waals surface area contributed by atoms with Crippen molar-refractivity contribution in [1.29, 1.82) is 0 Å². The Bertz CT molecular complexity index is 1410. The Hall–Kier alpha value is -4.91. The molecule has 0 fully saturated rings. The van der Waals surface area contributed by atoms with E-state index in [1.807, 2.05) is 73.7 Å². The number of benzene rings is 4. The van der Waals surface area contributed by atoms with Crippen molar-refractivity contribution in [2.45, 2.75) is 26.4 Å². The van der Waals surface area contributed by atoms with Gasteiger partial charge in [-0.05, 0) is 66.4 Å². The fourth-order valence-electron chi connectivity index (χ4n) is 4.10. The highest BCUT2D eigenvalue weighted by atomic mass is 16.5. The SMILES string of the molecule is Cc1ccc(C(=O)Nc2ccc(/C(CC(Cc3ccc(OCc4ccccc4)cc3)C(=O)O)=N\O)cc2)cc1. The lowest BCUT2D eigenvalue weighted by Gasteiger charge is -2.15. The molecule has 198 valence electrons. The molecule has 0 spiro atoms. The fourth-order valence-corrected chi connectivity index (χ4v) is 4.10. The maximum absolute atomic E-state index is 12.5. The number of aryl methyl sites for hydroxylation is 1. The molecule has 0 aliphatic rings. The van der Waals surface area contributed by atoms with Crippen LogP contribution in [0.15, 0.2) is 108 Å². The summed E-state index contributed by atoms with van der Waals surface area (Å²) in [6.07, 6.45) is 0.297. The van der Waals surface area contributed by atoms with E-state index in [1.165, 1.54) is 0 Å². The third kappa shape index (κ3) is 7.79. The first-order valence-corrected chi connectivity index (χ1v) is 12.6. The molecule has 0 bridgehead atoms. The van der Waals surface area contributed by atoms with Crippen LogP contribution < -0.4 is 10.1 Å². The van der Waals surface area contributed by atoms with Crippen LogP contribution in [0.4, 0.5) is 5.69 Å². The number of nitrogens with zero attached hydrogens (tertiary/aromatic N) is 1. The fraction of sp³-hybridized carbons (Fsp3) is 0.156.